The van der Waals surface area contributed by atoms with Crippen molar-refractivity contribution in [3.05, 3.63) is 24.0 Å². The van der Waals surface area contributed by atoms with Crippen molar-refractivity contribution in [1.29, 1.82) is 0 Å². The molecule has 0 fully saturated rings. The highest BCUT2D eigenvalue weighted by molar-refractivity contribution is 7.48. The second-order valence-corrected chi connectivity index (χ2v) is 5.15. The number of rotatable bonds is 6. The van der Waals surface area contributed by atoms with Crippen LogP contribution in [-0.4, -0.2) is 13.2 Å². The molecule has 1 aliphatic carbocycles. The van der Waals surface area contributed by atoms with Crippen LogP contribution < -0.4 is 0 Å². The summed E-state index contributed by atoms with van der Waals surface area (Å²) in [6.45, 7) is 6.16. The largest absolute Gasteiger partial charge is 0.530 e. The molecule has 1 atom stereocenters. The second kappa shape index (κ2) is 6.24. The summed E-state index contributed by atoms with van der Waals surface area (Å²) < 4.78 is 27.5. The van der Waals surface area contributed by atoms with Crippen LogP contribution in [0.25, 0.3) is 0 Å². The van der Waals surface area contributed by atoms with Gasteiger partial charge in [-0.25, -0.2) is 4.57 Å². The standard InChI is InChI=1S/C11H19O4P/c1-4-13-16(12,14-5-2)15-11-8-6-7-10(3)9-11/h6,8-10H,4-5,7H2,1-3H3. The van der Waals surface area contributed by atoms with Gasteiger partial charge in [0, 0.05) is 0 Å². The average Bonchev–Trinajstić information content (AvgIpc) is 2.17. The Morgan fingerprint density at radius 3 is 2.50 bits per heavy atom. The van der Waals surface area contributed by atoms with Gasteiger partial charge in [0.2, 0.25) is 0 Å². The maximum Gasteiger partial charge on any atom is 0.530 e. The van der Waals surface area contributed by atoms with Gasteiger partial charge in [0.25, 0.3) is 0 Å². The van der Waals surface area contributed by atoms with Gasteiger partial charge in [0.1, 0.15) is 5.76 Å². The van der Waals surface area contributed by atoms with Crippen molar-refractivity contribution in [2.75, 3.05) is 13.2 Å². The Kier molecular flexibility index (Phi) is 5.26. The first kappa shape index (κ1) is 13.5. The molecular weight excluding hydrogens is 227 g/mol. The smallest absolute Gasteiger partial charge is 0.404 e. The SMILES string of the molecule is CCOP(=O)(OCC)OC1=CC(C)CC=C1. The van der Waals surface area contributed by atoms with Crippen LogP contribution in [0.4, 0.5) is 0 Å². The molecule has 0 heterocycles. The fourth-order valence-electron chi connectivity index (χ4n) is 1.40. The predicted octanol–water partition coefficient (Wildman–Crippen LogP) is 3.66. The molecule has 0 saturated heterocycles. The van der Waals surface area contributed by atoms with Crippen LogP contribution in [0.5, 0.6) is 0 Å². The monoisotopic (exact) mass is 246 g/mol. The molecule has 4 nitrogen and oxygen atoms in total. The molecule has 0 spiro atoms. The van der Waals surface area contributed by atoms with Crippen LogP contribution >= 0.6 is 7.82 Å². The van der Waals surface area contributed by atoms with Crippen molar-refractivity contribution in [3.63, 3.8) is 0 Å². The zero-order valence-electron chi connectivity index (χ0n) is 10.0. The lowest BCUT2D eigenvalue weighted by molar-refractivity contribution is 0.147. The zero-order valence-corrected chi connectivity index (χ0v) is 10.9. The van der Waals surface area contributed by atoms with E-state index in [1.54, 1.807) is 19.9 Å². The molecule has 0 bridgehead atoms. The lowest BCUT2D eigenvalue weighted by Crippen LogP contribution is -2.02. The quantitative estimate of drug-likeness (QED) is 0.671. The van der Waals surface area contributed by atoms with Crippen LogP contribution in [-0.2, 0) is 18.1 Å². The summed E-state index contributed by atoms with van der Waals surface area (Å²) in [5, 5.41) is 0. The average molecular weight is 246 g/mol. The van der Waals surface area contributed by atoms with E-state index in [-0.39, 0.29) is 0 Å². The number of phosphoric acid groups is 1. The molecule has 0 aromatic carbocycles. The van der Waals surface area contributed by atoms with Gasteiger partial charge in [-0.3, -0.25) is 9.05 Å². The van der Waals surface area contributed by atoms with E-state index in [9.17, 15) is 4.57 Å². The van der Waals surface area contributed by atoms with Crippen LogP contribution in [0.15, 0.2) is 24.0 Å². The Balaban J connectivity index is 2.68. The third kappa shape index (κ3) is 4.12. The van der Waals surface area contributed by atoms with Gasteiger partial charge in [0.15, 0.2) is 0 Å². The Hall–Kier alpha value is -0.570. The number of allylic oxidation sites excluding steroid dienone is 3. The Bertz CT molecular complexity index is 312. The Morgan fingerprint density at radius 1 is 1.38 bits per heavy atom. The molecule has 0 saturated carbocycles. The predicted molar refractivity (Wildman–Crippen MR) is 62.9 cm³/mol. The van der Waals surface area contributed by atoms with Crippen molar-refractivity contribution >= 4 is 7.82 Å². The van der Waals surface area contributed by atoms with Gasteiger partial charge < -0.3 is 4.52 Å². The highest BCUT2D eigenvalue weighted by Crippen LogP contribution is 2.51. The fourth-order valence-corrected chi connectivity index (χ4v) is 2.59. The third-order valence-electron chi connectivity index (χ3n) is 2.03. The number of hydrogen-bond donors (Lipinski definition) is 0. The molecule has 0 aromatic rings. The third-order valence-corrected chi connectivity index (χ3v) is 3.61. The Morgan fingerprint density at radius 2 is 2.00 bits per heavy atom. The summed E-state index contributed by atoms with van der Waals surface area (Å²) in [4.78, 5) is 0. The number of phosphoric ester groups is 1. The lowest BCUT2D eigenvalue weighted by atomic mass is 10.0. The molecular formula is C11H19O4P. The molecule has 16 heavy (non-hydrogen) atoms. The Labute approximate surface area is 96.9 Å². The van der Waals surface area contributed by atoms with Crippen molar-refractivity contribution in [2.24, 2.45) is 5.92 Å². The molecule has 5 heteroatoms. The van der Waals surface area contributed by atoms with Gasteiger partial charge >= 0.3 is 7.82 Å². The second-order valence-electron chi connectivity index (χ2n) is 3.56. The van der Waals surface area contributed by atoms with Gasteiger partial charge in [-0.2, -0.15) is 0 Å². The van der Waals surface area contributed by atoms with Gasteiger partial charge in [0.05, 0.1) is 13.2 Å². The highest BCUT2D eigenvalue weighted by Gasteiger charge is 2.28. The minimum atomic E-state index is -3.43. The van der Waals surface area contributed by atoms with Crippen molar-refractivity contribution < 1.29 is 18.1 Å². The summed E-state index contributed by atoms with van der Waals surface area (Å²) >= 11 is 0. The van der Waals surface area contributed by atoms with Crippen molar-refractivity contribution in [3.8, 4) is 0 Å². The fraction of sp³-hybridized carbons (Fsp3) is 0.636. The van der Waals surface area contributed by atoms with E-state index in [1.807, 2.05) is 12.2 Å². The topological polar surface area (TPSA) is 44.8 Å². The minimum absolute atomic E-state index is 0.295. The summed E-state index contributed by atoms with van der Waals surface area (Å²) in [7, 11) is -3.43. The maximum atomic E-state index is 12.0. The van der Waals surface area contributed by atoms with Gasteiger partial charge in [-0.15, -0.1) is 0 Å². The minimum Gasteiger partial charge on any atom is -0.404 e. The number of hydrogen-bond acceptors (Lipinski definition) is 4. The van der Waals surface area contributed by atoms with Crippen LogP contribution in [0, 0.1) is 5.92 Å². The lowest BCUT2D eigenvalue weighted by Gasteiger charge is -2.19. The maximum absolute atomic E-state index is 12.0. The molecule has 0 amide bonds. The molecule has 1 rings (SSSR count). The summed E-state index contributed by atoms with van der Waals surface area (Å²) in [6, 6.07) is 0. The van der Waals surface area contributed by atoms with E-state index in [0.717, 1.165) is 6.42 Å². The first-order valence-corrected chi connectivity index (χ1v) is 7.02. The molecule has 1 aliphatic rings. The molecule has 0 aliphatic heterocycles. The molecule has 0 radical (unpaired) electrons. The van der Waals surface area contributed by atoms with E-state index >= 15 is 0 Å². The summed E-state index contributed by atoms with van der Waals surface area (Å²) in [5.41, 5.74) is 0. The first-order chi connectivity index (χ1) is 7.59. The van der Waals surface area contributed by atoms with E-state index in [1.165, 1.54) is 0 Å². The van der Waals surface area contributed by atoms with Crippen LogP contribution in [0.2, 0.25) is 0 Å². The van der Waals surface area contributed by atoms with E-state index in [0.29, 0.717) is 24.9 Å². The van der Waals surface area contributed by atoms with Crippen LogP contribution in [0.3, 0.4) is 0 Å². The summed E-state index contributed by atoms with van der Waals surface area (Å²) in [5.74, 6) is 0.945. The molecule has 0 aromatic heterocycles. The summed E-state index contributed by atoms with van der Waals surface area (Å²) in [6.07, 6.45) is 6.68. The highest BCUT2D eigenvalue weighted by atomic mass is 31.2. The molecule has 0 N–H and O–H groups in total. The van der Waals surface area contributed by atoms with E-state index in [4.69, 9.17) is 13.6 Å². The van der Waals surface area contributed by atoms with Crippen molar-refractivity contribution in [2.45, 2.75) is 27.2 Å². The van der Waals surface area contributed by atoms with Crippen LogP contribution in [0.1, 0.15) is 27.2 Å². The van der Waals surface area contributed by atoms with Crippen molar-refractivity contribution in [1.82, 2.24) is 0 Å². The van der Waals surface area contributed by atoms with Gasteiger partial charge in [-0.05, 0) is 38.3 Å². The van der Waals surface area contributed by atoms with E-state index < -0.39 is 7.82 Å². The molecule has 1 unspecified atom stereocenters. The van der Waals surface area contributed by atoms with Gasteiger partial charge in [-0.1, -0.05) is 13.0 Å². The zero-order chi connectivity index (χ0) is 12.0. The van der Waals surface area contributed by atoms with E-state index in [2.05, 4.69) is 6.92 Å². The molecule has 92 valence electrons. The first-order valence-electron chi connectivity index (χ1n) is 5.56. The normalized spacial score (nSPS) is 20.7.